The van der Waals surface area contributed by atoms with Gasteiger partial charge in [-0.15, -0.1) is 0 Å². The highest BCUT2D eigenvalue weighted by Gasteiger charge is 2.37. The molecule has 1 N–H and O–H groups in total. The fourth-order valence-electron chi connectivity index (χ4n) is 4.34. The normalized spacial score (nSPS) is 18.8. The Balaban J connectivity index is 1.25. The van der Waals surface area contributed by atoms with Gasteiger partial charge in [0.25, 0.3) is 11.8 Å². The van der Waals surface area contributed by atoms with E-state index in [1.54, 1.807) is 48.5 Å². The van der Waals surface area contributed by atoms with Gasteiger partial charge in [0.15, 0.2) is 0 Å². The maximum Gasteiger partial charge on any atom is 0.266 e. The van der Waals surface area contributed by atoms with Crippen molar-refractivity contribution < 1.29 is 19.2 Å². The number of anilines is 2. The number of imide groups is 1. The quantitative estimate of drug-likeness (QED) is 0.775. The van der Waals surface area contributed by atoms with Crippen LogP contribution < -0.4 is 10.2 Å². The number of hydrogen-bond donors (Lipinski definition) is 1. The molecule has 31 heavy (non-hydrogen) atoms. The van der Waals surface area contributed by atoms with Crippen molar-refractivity contribution in [3.8, 4) is 0 Å². The summed E-state index contributed by atoms with van der Waals surface area (Å²) in [6.07, 6.45) is 3.26. The minimum atomic E-state index is -0.364. The zero-order valence-corrected chi connectivity index (χ0v) is 17.0. The van der Waals surface area contributed by atoms with Gasteiger partial charge in [-0.1, -0.05) is 18.2 Å². The molecule has 0 atom stereocenters. The molecule has 0 radical (unpaired) electrons. The van der Waals surface area contributed by atoms with E-state index in [9.17, 15) is 19.2 Å². The Morgan fingerprint density at radius 2 is 1.45 bits per heavy atom. The summed E-state index contributed by atoms with van der Waals surface area (Å²) in [6, 6.07) is 13.5. The summed E-state index contributed by atoms with van der Waals surface area (Å²) in [5.41, 5.74) is 1.73. The van der Waals surface area contributed by atoms with Crippen molar-refractivity contribution in [3.63, 3.8) is 0 Å². The summed E-state index contributed by atoms with van der Waals surface area (Å²) in [5, 5.41) is 2.91. The first-order chi connectivity index (χ1) is 15.0. The van der Waals surface area contributed by atoms with E-state index in [2.05, 4.69) is 5.32 Å². The van der Waals surface area contributed by atoms with Crippen molar-refractivity contribution in [2.45, 2.75) is 25.7 Å². The van der Waals surface area contributed by atoms with Gasteiger partial charge < -0.3 is 10.2 Å². The lowest BCUT2D eigenvalue weighted by Gasteiger charge is -2.31. The smallest absolute Gasteiger partial charge is 0.266 e. The first-order valence-corrected chi connectivity index (χ1v) is 10.7. The molecule has 1 aliphatic carbocycles. The number of amides is 4. The van der Waals surface area contributed by atoms with Gasteiger partial charge in [-0.05, 0) is 56.0 Å². The van der Waals surface area contributed by atoms with Crippen LogP contribution >= 0.6 is 0 Å². The van der Waals surface area contributed by atoms with Crippen LogP contribution in [0.2, 0.25) is 0 Å². The highest BCUT2D eigenvalue weighted by Crippen LogP contribution is 2.33. The zero-order chi connectivity index (χ0) is 21.5. The third kappa shape index (κ3) is 3.60. The Kier molecular flexibility index (Phi) is 4.81. The molecular weight excluding hydrogens is 394 g/mol. The summed E-state index contributed by atoms with van der Waals surface area (Å²) in [4.78, 5) is 53.4. The fraction of sp³-hybridized carbons (Fsp3) is 0.333. The molecule has 3 aliphatic rings. The van der Waals surface area contributed by atoms with Crippen LogP contribution in [0, 0.1) is 11.8 Å². The number of fused-ring (bicyclic) bond motifs is 1. The number of carbonyl (C=O) groups is 4. The monoisotopic (exact) mass is 417 g/mol. The molecule has 158 valence electrons. The van der Waals surface area contributed by atoms with Crippen molar-refractivity contribution in [1.29, 1.82) is 0 Å². The number of benzene rings is 2. The number of hydrogen-bond acceptors (Lipinski definition) is 4. The summed E-state index contributed by atoms with van der Waals surface area (Å²) >= 11 is 0. The zero-order valence-electron chi connectivity index (χ0n) is 17.0. The molecule has 0 bridgehead atoms. The van der Waals surface area contributed by atoms with Gasteiger partial charge in [0.05, 0.1) is 16.8 Å². The molecule has 7 nitrogen and oxygen atoms in total. The van der Waals surface area contributed by atoms with Gasteiger partial charge in [0, 0.05) is 30.6 Å². The van der Waals surface area contributed by atoms with E-state index in [1.807, 2.05) is 4.90 Å². The third-order valence-electron chi connectivity index (χ3n) is 6.27. The van der Waals surface area contributed by atoms with Crippen LogP contribution in [-0.2, 0) is 9.59 Å². The lowest BCUT2D eigenvalue weighted by molar-refractivity contribution is -0.135. The number of likely N-dealkylation sites (tertiary alicyclic amines) is 1. The van der Waals surface area contributed by atoms with Crippen LogP contribution in [0.25, 0.3) is 0 Å². The second-order valence-corrected chi connectivity index (χ2v) is 8.40. The van der Waals surface area contributed by atoms with E-state index in [0.717, 1.165) is 17.7 Å². The van der Waals surface area contributed by atoms with Crippen molar-refractivity contribution in [3.05, 3.63) is 59.7 Å². The molecule has 1 saturated carbocycles. The maximum absolute atomic E-state index is 12.8. The molecule has 2 aromatic rings. The van der Waals surface area contributed by atoms with E-state index in [1.165, 1.54) is 0 Å². The molecule has 2 aliphatic heterocycles. The number of piperidine rings is 1. The highest BCUT2D eigenvalue weighted by molar-refractivity contribution is 6.34. The van der Waals surface area contributed by atoms with Crippen molar-refractivity contribution >= 4 is 35.0 Å². The Morgan fingerprint density at radius 1 is 0.806 bits per heavy atom. The standard InChI is InChI=1S/C24H23N3O4/c28-21(15-10-12-26(13-11-15)22(29)16-8-9-16)25-17-4-3-5-18(14-17)27-23(30)19-6-1-2-7-20(19)24(27)31/h1-7,14-16H,8-13H2,(H,25,28). The lowest BCUT2D eigenvalue weighted by Crippen LogP contribution is -2.42. The highest BCUT2D eigenvalue weighted by atomic mass is 16.2. The number of rotatable bonds is 4. The number of nitrogens with one attached hydrogen (secondary N) is 1. The average molecular weight is 417 g/mol. The van der Waals surface area contributed by atoms with Crippen molar-refractivity contribution in [2.24, 2.45) is 11.8 Å². The second-order valence-electron chi connectivity index (χ2n) is 8.40. The van der Waals surface area contributed by atoms with Crippen LogP contribution in [-0.4, -0.2) is 41.6 Å². The minimum Gasteiger partial charge on any atom is -0.342 e. The van der Waals surface area contributed by atoms with Crippen molar-refractivity contribution in [1.82, 2.24) is 4.90 Å². The average Bonchev–Trinajstić information content (AvgIpc) is 3.61. The van der Waals surface area contributed by atoms with Gasteiger partial charge in [0.2, 0.25) is 11.8 Å². The predicted octanol–water partition coefficient (Wildman–Crippen LogP) is 3.07. The van der Waals surface area contributed by atoms with E-state index < -0.39 is 0 Å². The summed E-state index contributed by atoms with van der Waals surface area (Å²) < 4.78 is 0. The SMILES string of the molecule is O=C(Nc1cccc(N2C(=O)c3ccccc3C2=O)c1)C1CCN(C(=O)C2CC2)CC1. The van der Waals surface area contributed by atoms with Gasteiger partial charge in [-0.25, -0.2) is 4.90 Å². The molecule has 0 spiro atoms. The molecule has 7 heteroatoms. The van der Waals surface area contributed by atoms with Gasteiger partial charge in [0.1, 0.15) is 0 Å². The van der Waals surface area contributed by atoms with Gasteiger partial charge in [-0.2, -0.15) is 0 Å². The Labute approximate surface area is 180 Å². The minimum absolute atomic E-state index is 0.0990. The Bertz CT molecular complexity index is 1050. The Morgan fingerprint density at radius 3 is 2.06 bits per heavy atom. The lowest BCUT2D eigenvalue weighted by atomic mass is 9.95. The van der Waals surface area contributed by atoms with Crippen LogP contribution in [0.3, 0.4) is 0 Å². The van der Waals surface area contributed by atoms with Crippen LogP contribution in [0.4, 0.5) is 11.4 Å². The summed E-state index contributed by atoms with van der Waals surface area (Å²) in [7, 11) is 0. The molecule has 4 amide bonds. The van der Waals surface area contributed by atoms with Crippen molar-refractivity contribution in [2.75, 3.05) is 23.3 Å². The van der Waals surface area contributed by atoms with E-state index in [0.29, 0.717) is 48.4 Å². The van der Waals surface area contributed by atoms with Gasteiger partial charge in [-0.3, -0.25) is 19.2 Å². The second kappa shape index (κ2) is 7.65. The van der Waals surface area contributed by atoms with E-state index >= 15 is 0 Å². The molecule has 2 fully saturated rings. The van der Waals surface area contributed by atoms with E-state index in [-0.39, 0.29) is 35.5 Å². The fourth-order valence-corrected chi connectivity index (χ4v) is 4.34. The molecule has 2 heterocycles. The molecule has 5 rings (SSSR count). The van der Waals surface area contributed by atoms with Crippen LogP contribution in [0.15, 0.2) is 48.5 Å². The van der Waals surface area contributed by atoms with E-state index in [4.69, 9.17) is 0 Å². The number of nitrogens with zero attached hydrogens (tertiary/aromatic N) is 2. The largest absolute Gasteiger partial charge is 0.342 e. The Hall–Kier alpha value is -3.48. The first kappa shape index (κ1) is 19.5. The molecular formula is C24H23N3O4. The summed E-state index contributed by atoms with van der Waals surface area (Å²) in [6.45, 7) is 1.23. The molecule has 1 saturated heterocycles. The molecule has 0 aromatic heterocycles. The first-order valence-electron chi connectivity index (χ1n) is 10.7. The van der Waals surface area contributed by atoms with Crippen LogP contribution in [0.1, 0.15) is 46.4 Å². The predicted molar refractivity (Wildman–Crippen MR) is 115 cm³/mol. The third-order valence-corrected chi connectivity index (χ3v) is 6.27. The topological polar surface area (TPSA) is 86.8 Å². The van der Waals surface area contributed by atoms with Gasteiger partial charge >= 0.3 is 0 Å². The maximum atomic E-state index is 12.8. The summed E-state index contributed by atoms with van der Waals surface area (Å²) in [5.74, 6) is -0.555. The number of carbonyl (C=O) groups excluding carboxylic acids is 4. The van der Waals surface area contributed by atoms with Crippen LogP contribution in [0.5, 0.6) is 0 Å². The molecule has 0 unspecified atom stereocenters. The molecule has 2 aromatic carbocycles.